The molecule has 0 radical (unpaired) electrons. The third-order valence-electron chi connectivity index (χ3n) is 3.91. The predicted molar refractivity (Wildman–Crippen MR) is 104 cm³/mol. The van der Waals surface area contributed by atoms with Gasteiger partial charge in [-0.25, -0.2) is 8.42 Å². The van der Waals surface area contributed by atoms with E-state index in [1.54, 1.807) is 29.1 Å². The maximum atomic E-state index is 12.5. The van der Waals surface area contributed by atoms with Gasteiger partial charge in [0, 0.05) is 17.3 Å². The molecular weight excluding hydrogens is 370 g/mol. The summed E-state index contributed by atoms with van der Waals surface area (Å²) in [5.41, 5.74) is 2.15. The summed E-state index contributed by atoms with van der Waals surface area (Å²) in [6, 6.07) is 16.0. The Balaban J connectivity index is 1.70. The van der Waals surface area contributed by atoms with Crippen LogP contribution in [0.1, 0.15) is 24.5 Å². The Morgan fingerprint density at radius 2 is 1.65 bits per heavy atom. The monoisotopic (exact) mass is 389 g/mol. The SMILES string of the molecule is CCCc1ccc(S(=O)(=O)Nc2ccn(Cc3ccc(Cl)cc3)n2)cc1. The molecule has 0 atom stereocenters. The van der Waals surface area contributed by atoms with Crippen LogP contribution in [0.25, 0.3) is 0 Å². The summed E-state index contributed by atoms with van der Waals surface area (Å²) in [6.07, 6.45) is 3.69. The van der Waals surface area contributed by atoms with Crippen molar-refractivity contribution in [1.82, 2.24) is 9.78 Å². The van der Waals surface area contributed by atoms with Gasteiger partial charge in [-0.3, -0.25) is 9.40 Å². The molecule has 136 valence electrons. The van der Waals surface area contributed by atoms with Crippen LogP contribution in [0.15, 0.2) is 65.7 Å². The third-order valence-corrected chi connectivity index (χ3v) is 5.53. The minimum atomic E-state index is -3.65. The van der Waals surface area contributed by atoms with Crippen molar-refractivity contribution >= 4 is 27.4 Å². The van der Waals surface area contributed by atoms with Gasteiger partial charge >= 0.3 is 0 Å². The number of aromatic nitrogens is 2. The molecule has 0 saturated carbocycles. The molecule has 7 heteroatoms. The van der Waals surface area contributed by atoms with Crippen LogP contribution in [0.4, 0.5) is 5.82 Å². The van der Waals surface area contributed by atoms with E-state index >= 15 is 0 Å². The lowest BCUT2D eigenvalue weighted by atomic mass is 10.1. The zero-order chi connectivity index (χ0) is 18.6. The minimum absolute atomic E-state index is 0.226. The molecule has 0 bridgehead atoms. The molecule has 2 aromatic carbocycles. The summed E-state index contributed by atoms with van der Waals surface area (Å²) in [5.74, 6) is 0.289. The zero-order valence-electron chi connectivity index (χ0n) is 14.4. The summed E-state index contributed by atoms with van der Waals surface area (Å²) in [7, 11) is -3.65. The van der Waals surface area contributed by atoms with Gasteiger partial charge in [-0.05, 0) is 41.8 Å². The van der Waals surface area contributed by atoms with Crippen LogP contribution < -0.4 is 4.72 Å². The van der Waals surface area contributed by atoms with Gasteiger partial charge in [-0.1, -0.05) is 49.2 Å². The first kappa shape index (κ1) is 18.5. The van der Waals surface area contributed by atoms with E-state index in [0.29, 0.717) is 11.6 Å². The number of halogens is 1. The highest BCUT2D eigenvalue weighted by molar-refractivity contribution is 7.92. The van der Waals surface area contributed by atoms with Crippen molar-refractivity contribution in [1.29, 1.82) is 0 Å². The fourth-order valence-electron chi connectivity index (χ4n) is 2.60. The van der Waals surface area contributed by atoms with E-state index in [1.807, 2.05) is 36.4 Å². The molecule has 0 fully saturated rings. The first-order valence-electron chi connectivity index (χ1n) is 8.36. The summed E-state index contributed by atoms with van der Waals surface area (Å²) in [5, 5.41) is 4.95. The molecule has 0 aliphatic heterocycles. The lowest BCUT2D eigenvalue weighted by Gasteiger charge is -2.07. The Hall–Kier alpha value is -2.31. The van der Waals surface area contributed by atoms with Gasteiger partial charge < -0.3 is 0 Å². The largest absolute Gasteiger partial charge is 0.266 e. The maximum absolute atomic E-state index is 12.5. The Morgan fingerprint density at radius 3 is 2.31 bits per heavy atom. The first-order valence-corrected chi connectivity index (χ1v) is 10.2. The Bertz CT molecular complexity index is 965. The molecule has 1 aromatic heterocycles. The molecule has 26 heavy (non-hydrogen) atoms. The molecule has 3 aromatic rings. The number of benzene rings is 2. The number of rotatable bonds is 7. The summed E-state index contributed by atoms with van der Waals surface area (Å²) in [6.45, 7) is 2.62. The van der Waals surface area contributed by atoms with Crippen LogP contribution in [0.2, 0.25) is 5.02 Å². The molecular formula is C19H20ClN3O2S. The normalized spacial score (nSPS) is 11.5. The lowest BCUT2D eigenvalue weighted by Crippen LogP contribution is -2.14. The highest BCUT2D eigenvalue weighted by Crippen LogP contribution is 2.17. The highest BCUT2D eigenvalue weighted by Gasteiger charge is 2.15. The van der Waals surface area contributed by atoms with E-state index in [2.05, 4.69) is 16.7 Å². The first-order chi connectivity index (χ1) is 12.5. The minimum Gasteiger partial charge on any atom is -0.266 e. The number of hydrogen-bond acceptors (Lipinski definition) is 3. The molecule has 0 saturated heterocycles. The molecule has 0 aliphatic rings. The van der Waals surface area contributed by atoms with Crippen molar-refractivity contribution in [2.24, 2.45) is 0 Å². The summed E-state index contributed by atoms with van der Waals surface area (Å²) in [4.78, 5) is 0.226. The van der Waals surface area contributed by atoms with Gasteiger partial charge in [0.25, 0.3) is 10.0 Å². The molecule has 5 nitrogen and oxygen atoms in total. The maximum Gasteiger partial charge on any atom is 0.263 e. The lowest BCUT2D eigenvalue weighted by molar-refractivity contribution is 0.600. The summed E-state index contributed by atoms with van der Waals surface area (Å²) < 4.78 is 29.2. The van der Waals surface area contributed by atoms with Gasteiger partial charge in [-0.2, -0.15) is 5.10 Å². The van der Waals surface area contributed by atoms with Crippen LogP contribution >= 0.6 is 11.6 Å². The van der Waals surface area contributed by atoms with Crippen LogP contribution in [0, 0.1) is 0 Å². The fraction of sp³-hybridized carbons (Fsp3) is 0.211. The van der Waals surface area contributed by atoms with E-state index in [0.717, 1.165) is 24.0 Å². The fourth-order valence-corrected chi connectivity index (χ4v) is 3.72. The van der Waals surface area contributed by atoms with E-state index in [1.165, 1.54) is 0 Å². The van der Waals surface area contributed by atoms with Crippen LogP contribution in [0.3, 0.4) is 0 Å². The van der Waals surface area contributed by atoms with Crippen molar-refractivity contribution in [3.63, 3.8) is 0 Å². The van der Waals surface area contributed by atoms with Crippen LogP contribution in [-0.2, 0) is 23.0 Å². The van der Waals surface area contributed by atoms with Gasteiger partial charge in [0.1, 0.15) is 0 Å². The number of hydrogen-bond donors (Lipinski definition) is 1. The number of anilines is 1. The quantitative estimate of drug-likeness (QED) is 0.653. The third kappa shape index (κ3) is 4.65. The second-order valence-electron chi connectivity index (χ2n) is 6.02. The topological polar surface area (TPSA) is 64.0 Å². The second kappa shape index (κ2) is 7.93. The molecule has 0 amide bonds. The second-order valence-corrected chi connectivity index (χ2v) is 8.14. The van der Waals surface area contributed by atoms with Crippen molar-refractivity contribution < 1.29 is 8.42 Å². The molecule has 1 N–H and O–H groups in total. The van der Waals surface area contributed by atoms with Gasteiger partial charge in [0.05, 0.1) is 11.4 Å². The molecule has 1 heterocycles. The van der Waals surface area contributed by atoms with Gasteiger partial charge in [0.2, 0.25) is 0 Å². The van der Waals surface area contributed by atoms with Gasteiger partial charge in [0.15, 0.2) is 5.82 Å². The average molecular weight is 390 g/mol. The smallest absolute Gasteiger partial charge is 0.263 e. The standard InChI is InChI=1S/C19H20ClN3O2S/c1-2-3-15-6-10-18(11-7-15)26(24,25)22-19-12-13-23(21-19)14-16-4-8-17(20)9-5-16/h4-13H,2-3,14H2,1H3,(H,21,22). The average Bonchev–Trinajstić information content (AvgIpc) is 3.04. The zero-order valence-corrected chi connectivity index (χ0v) is 16.0. The van der Waals surface area contributed by atoms with Gasteiger partial charge in [-0.15, -0.1) is 0 Å². The Labute approximate surface area is 158 Å². The molecule has 0 aliphatic carbocycles. The van der Waals surface area contributed by atoms with Crippen LogP contribution in [0.5, 0.6) is 0 Å². The Morgan fingerprint density at radius 1 is 1.00 bits per heavy atom. The highest BCUT2D eigenvalue weighted by atomic mass is 35.5. The van der Waals surface area contributed by atoms with E-state index < -0.39 is 10.0 Å². The number of sulfonamides is 1. The number of aryl methyl sites for hydroxylation is 1. The molecule has 0 unspecified atom stereocenters. The van der Waals surface area contributed by atoms with E-state index in [9.17, 15) is 8.42 Å². The van der Waals surface area contributed by atoms with Crippen molar-refractivity contribution in [2.45, 2.75) is 31.2 Å². The predicted octanol–water partition coefficient (Wildman–Crippen LogP) is 4.34. The summed E-state index contributed by atoms with van der Waals surface area (Å²) >= 11 is 5.88. The number of nitrogens with zero attached hydrogens (tertiary/aromatic N) is 2. The van der Waals surface area contributed by atoms with E-state index in [-0.39, 0.29) is 10.7 Å². The van der Waals surface area contributed by atoms with Crippen molar-refractivity contribution in [3.05, 3.63) is 76.9 Å². The van der Waals surface area contributed by atoms with E-state index in [4.69, 9.17) is 11.6 Å². The molecule has 0 spiro atoms. The number of nitrogens with one attached hydrogen (secondary N) is 1. The Kier molecular flexibility index (Phi) is 5.64. The van der Waals surface area contributed by atoms with Crippen molar-refractivity contribution in [3.8, 4) is 0 Å². The molecule has 3 rings (SSSR count). The van der Waals surface area contributed by atoms with Crippen molar-refractivity contribution in [2.75, 3.05) is 4.72 Å². The van der Waals surface area contributed by atoms with Crippen LogP contribution in [-0.4, -0.2) is 18.2 Å².